The van der Waals surface area contributed by atoms with Gasteiger partial charge in [-0.3, -0.25) is 14.9 Å². The average molecular weight is 267 g/mol. The van der Waals surface area contributed by atoms with Gasteiger partial charge in [0.15, 0.2) is 0 Å². The number of hydrogen-bond donors (Lipinski definition) is 2. The predicted molar refractivity (Wildman–Crippen MR) is 71.1 cm³/mol. The summed E-state index contributed by atoms with van der Waals surface area (Å²) >= 11 is 0. The van der Waals surface area contributed by atoms with Crippen LogP contribution in [0, 0.1) is 10.1 Å². The van der Waals surface area contributed by atoms with Crippen molar-refractivity contribution in [1.29, 1.82) is 0 Å². The highest BCUT2D eigenvalue weighted by atomic mass is 16.6. The summed E-state index contributed by atoms with van der Waals surface area (Å²) in [5.74, 6) is -0.203. The molecule has 1 rings (SSSR count). The highest BCUT2D eigenvalue weighted by Gasteiger charge is 2.11. The molecule has 0 aliphatic carbocycles. The first-order valence-electron chi connectivity index (χ1n) is 5.97. The Labute approximate surface area is 111 Å². The molecule has 0 aliphatic rings. The molecule has 0 spiro atoms. The Morgan fingerprint density at radius 3 is 2.79 bits per heavy atom. The lowest BCUT2D eigenvalue weighted by Gasteiger charge is -2.08. The molecule has 7 nitrogen and oxygen atoms in total. The predicted octanol–water partition coefficient (Wildman–Crippen LogP) is 1.16. The number of carbonyl (C=O) groups is 1. The maximum Gasteiger partial charge on any atom is 0.292 e. The second-order valence-electron chi connectivity index (χ2n) is 3.69. The van der Waals surface area contributed by atoms with Crippen LogP contribution in [0.15, 0.2) is 24.3 Å². The van der Waals surface area contributed by atoms with Crippen LogP contribution in [0.4, 0.5) is 11.4 Å². The summed E-state index contributed by atoms with van der Waals surface area (Å²) in [6.45, 7) is 3.11. The smallest absolute Gasteiger partial charge is 0.292 e. The number of rotatable bonds is 8. The lowest BCUT2D eigenvalue weighted by molar-refractivity contribution is -0.384. The summed E-state index contributed by atoms with van der Waals surface area (Å²) < 4.78 is 4.94. The first-order chi connectivity index (χ1) is 9.15. The fourth-order valence-electron chi connectivity index (χ4n) is 1.43. The van der Waals surface area contributed by atoms with E-state index >= 15 is 0 Å². The molecule has 19 heavy (non-hydrogen) atoms. The third-order valence-electron chi connectivity index (χ3n) is 2.30. The number of nitro benzene ring substituents is 1. The molecular formula is C12H17N3O4. The molecule has 1 amide bonds. The molecule has 0 fully saturated rings. The molecule has 1 aromatic rings. The number of benzene rings is 1. The van der Waals surface area contributed by atoms with Crippen molar-refractivity contribution in [2.45, 2.75) is 6.92 Å². The Kier molecular flexibility index (Phi) is 6.31. The van der Waals surface area contributed by atoms with Gasteiger partial charge in [0.25, 0.3) is 5.69 Å². The number of hydrogen-bond acceptors (Lipinski definition) is 5. The zero-order valence-corrected chi connectivity index (χ0v) is 10.7. The second-order valence-corrected chi connectivity index (χ2v) is 3.69. The van der Waals surface area contributed by atoms with Crippen LogP contribution in [0.25, 0.3) is 0 Å². The Morgan fingerprint density at radius 2 is 2.11 bits per heavy atom. The van der Waals surface area contributed by atoms with Gasteiger partial charge in [-0.2, -0.15) is 0 Å². The van der Waals surface area contributed by atoms with Crippen LogP contribution in [-0.2, 0) is 9.53 Å². The quantitative estimate of drug-likeness (QED) is 0.419. The van der Waals surface area contributed by atoms with Gasteiger partial charge in [-0.1, -0.05) is 12.1 Å². The molecule has 0 saturated carbocycles. The van der Waals surface area contributed by atoms with E-state index in [0.717, 1.165) is 0 Å². The molecule has 0 bridgehead atoms. The number of nitrogens with one attached hydrogen (secondary N) is 2. The van der Waals surface area contributed by atoms with Gasteiger partial charge in [0, 0.05) is 25.8 Å². The van der Waals surface area contributed by atoms with Gasteiger partial charge in [0.2, 0.25) is 5.91 Å². The number of carbonyl (C=O) groups excluding carboxylic acids is 1. The summed E-state index contributed by atoms with van der Waals surface area (Å²) in [7, 11) is 0. The van der Waals surface area contributed by atoms with Crippen LogP contribution in [0.3, 0.4) is 0 Å². The van der Waals surface area contributed by atoms with Gasteiger partial charge in [0.1, 0.15) is 12.3 Å². The Hall–Kier alpha value is -2.15. The Bertz CT molecular complexity index is 437. The average Bonchev–Trinajstić information content (AvgIpc) is 2.41. The molecular weight excluding hydrogens is 250 g/mol. The molecule has 0 radical (unpaired) electrons. The van der Waals surface area contributed by atoms with Gasteiger partial charge in [-0.25, -0.2) is 0 Å². The van der Waals surface area contributed by atoms with Crippen molar-refractivity contribution in [2.24, 2.45) is 0 Å². The summed E-state index contributed by atoms with van der Waals surface area (Å²) in [4.78, 5) is 21.5. The zero-order chi connectivity index (χ0) is 14.1. The third-order valence-corrected chi connectivity index (χ3v) is 2.30. The highest BCUT2D eigenvalue weighted by molar-refractivity contribution is 5.77. The minimum atomic E-state index is -0.448. The van der Waals surface area contributed by atoms with E-state index < -0.39 is 4.92 Å². The van der Waals surface area contributed by atoms with Crippen LogP contribution in [-0.4, -0.2) is 37.1 Å². The second kappa shape index (κ2) is 8.04. The molecule has 0 unspecified atom stereocenters. The van der Waals surface area contributed by atoms with Gasteiger partial charge >= 0.3 is 0 Å². The van der Waals surface area contributed by atoms with Gasteiger partial charge in [-0.05, 0) is 13.0 Å². The van der Waals surface area contributed by atoms with Crippen LogP contribution < -0.4 is 10.6 Å². The minimum Gasteiger partial charge on any atom is -0.378 e. The molecule has 1 aromatic carbocycles. The first-order valence-corrected chi connectivity index (χ1v) is 5.97. The number of para-hydroxylation sites is 2. The van der Waals surface area contributed by atoms with Crippen molar-refractivity contribution in [1.82, 2.24) is 5.32 Å². The number of nitro groups is 1. The lowest BCUT2D eigenvalue weighted by Crippen LogP contribution is -2.31. The van der Waals surface area contributed by atoms with Crippen molar-refractivity contribution in [3.8, 4) is 0 Å². The van der Waals surface area contributed by atoms with Crippen LogP contribution in [0.5, 0.6) is 0 Å². The zero-order valence-electron chi connectivity index (χ0n) is 10.7. The minimum absolute atomic E-state index is 0.0168. The monoisotopic (exact) mass is 267 g/mol. The maximum atomic E-state index is 11.2. The molecule has 0 saturated heterocycles. The van der Waals surface area contributed by atoms with Crippen molar-refractivity contribution < 1.29 is 14.5 Å². The molecule has 104 valence electrons. The van der Waals surface area contributed by atoms with Gasteiger partial charge in [-0.15, -0.1) is 0 Å². The van der Waals surface area contributed by atoms with Crippen LogP contribution >= 0.6 is 0 Å². The van der Waals surface area contributed by atoms with Crippen molar-refractivity contribution in [2.75, 3.05) is 31.6 Å². The van der Waals surface area contributed by atoms with Crippen molar-refractivity contribution in [3.63, 3.8) is 0 Å². The van der Waals surface area contributed by atoms with E-state index in [2.05, 4.69) is 10.6 Å². The molecule has 0 aliphatic heterocycles. The van der Waals surface area contributed by atoms with E-state index in [1.54, 1.807) is 18.2 Å². The van der Waals surface area contributed by atoms with E-state index in [4.69, 9.17) is 4.74 Å². The van der Waals surface area contributed by atoms with Gasteiger partial charge in [0.05, 0.1) is 4.92 Å². The standard InChI is InChI=1S/C12H17N3O4/c1-2-19-9-12(16)14-8-7-13-10-5-3-4-6-11(10)15(17)18/h3-6,13H,2,7-9H2,1H3,(H,14,16). The molecule has 2 N–H and O–H groups in total. The third kappa shape index (κ3) is 5.35. The summed E-state index contributed by atoms with van der Waals surface area (Å²) in [6, 6.07) is 6.37. The summed E-state index contributed by atoms with van der Waals surface area (Å²) in [5.41, 5.74) is 0.453. The Balaban J connectivity index is 2.33. The van der Waals surface area contributed by atoms with Gasteiger partial charge < -0.3 is 15.4 Å². The van der Waals surface area contributed by atoms with E-state index in [1.165, 1.54) is 6.07 Å². The van der Waals surface area contributed by atoms with Crippen molar-refractivity contribution >= 4 is 17.3 Å². The molecule has 7 heteroatoms. The number of ether oxygens (including phenoxy) is 1. The SMILES string of the molecule is CCOCC(=O)NCCNc1ccccc1[N+](=O)[O-]. The maximum absolute atomic E-state index is 11.2. The van der Waals surface area contributed by atoms with E-state index in [9.17, 15) is 14.9 Å². The fraction of sp³-hybridized carbons (Fsp3) is 0.417. The first kappa shape index (κ1) is 14.9. The number of amides is 1. The summed E-state index contributed by atoms with van der Waals surface area (Å²) in [5, 5.41) is 16.3. The van der Waals surface area contributed by atoms with E-state index in [-0.39, 0.29) is 18.2 Å². The Morgan fingerprint density at radius 1 is 1.37 bits per heavy atom. The molecule has 0 aromatic heterocycles. The topological polar surface area (TPSA) is 93.5 Å². The molecule has 0 heterocycles. The van der Waals surface area contributed by atoms with E-state index in [1.807, 2.05) is 6.92 Å². The van der Waals surface area contributed by atoms with Crippen molar-refractivity contribution in [3.05, 3.63) is 34.4 Å². The van der Waals surface area contributed by atoms with E-state index in [0.29, 0.717) is 25.4 Å². The normalized spacial score (nSPS) is 9.95. The summed E-state index contributed by atoms with van der Waals surface area (Å²) in [6.07, 6.45) is 0. The van der Waals surface area contributed by atoms with Crippen LogP contribution in [0.1, 0.15) is 6.92 Å². The largest absolute Gasteiger partial charge is 0.378 e. The fourth-order valence-corrected chi connectivity index (χ4v) is 1.43. The lowest BCUT2D eigenvalue weighted by atomic mass is 10.2. The number of anilines is 1. The molecule has 0 atom stereocenters. The number of nitrogens with zero attached hydrogens (tertiary/aromatic N) is 1. The van der Waals surface area contributed by atoms with Crippen LogP contribution in [0.2, 0.25) is 0 Å². The highest BCUT2D eigenvalue weighted by Crippen LogP contribution is 2.22.